The van der Waals surface area contributed by atoms with Gasteiger partial charge in [-0.25, -0.2) is 9.97 Å². The van der Waals surface area contributed by atoms with Gasteiger partial charge >= 0.3 is 5.69 Å². The van der Waals surface area contributed by atoms with Crippen molar-refractivity contribution in [3.8, 4) is 6.07 Å². The third-order valence-corrected chi connectivity index (χ3v) is 2.63. The monoisotopic (exact) mass is 269 g/mol. The topological polar surface area (TPSA) is 105 Å². The van der Waals surface area contributed by atoms with E-state index in [1.165, 1.54) is 6.07 Å². The summed E-state index contributed by atoms with van der Waals surface area (Å²) in [5, 5.41) is 22.9. The highest BCUT2D eigenvalue weighted by Crippen LogP contribution is 2.28. The minimum absolute atomic E-state index is 0.0267. The van der Waals surface area contributed by atoms with E-state index in [0.717, 1.165) is 0 Å². The third-order valence-electron chi connectivity index (χ3n) is 2.63. The molecule has 0 amide bonds. The van der Waals surface area contributed by atoms with Crippen molar-refractivity contribution in [3.05, 3.63) is 57.7 Å². The van der Waals surface area contributed by atoms with Crippen LogP contribution in [-0.4, -0.2) is 14.9 Å². The van der Waals surface area contributed by atoms with Crippen molar-refractivity contribution in [1.29, 1.82) is 5.26 Å². The predicted octanol–water partition coefficient (Wildman–Crippen LogP) is 2.18. The first-order valence-electron chi connectivity index (χ1n) is 5.81. The van der Waals surface area contributed by atoms with Gasteiger partial charge in [-0.1, -0.05) is 6.07 Å². The largest absolute Gasteiger partial charge is 0.374 e. The quantitative estimate of drug-likeness (QED) is 0.673. The zero-order chi connectivity index (χ0) is 14.5. The molecule has 2 rings (SSSR count). The Hall–Kier alpha value is -3.01. The maximum absolute atomic E-state index is 11.1. The molecule has 0 spiro atoms. The van der Waals surface area contributed by atoms with E-state index in [9.17, 15) is 10.1 Å². The van der Waals surface area contributed by atoms with Crippen molar-refractivity contribution in [2.45, 2.75) is 13.5 Å². The highest BCUT2D eigenvalue weighted by atomic mass is 16.6. The summed E-state index contributed by atoms with van der Waals surface area (Å²) in [7, 11) is 0. The molecule has 0 fully saturated rings. The van der Waals surface area contributed by atoms with Crippen molar-refractivity contribution < 1.29 is 4.92 Å². The zero-order valence-electron chi connectivity index (χ0n) is 10.7. The Bertz CT molecular complexity index is 693. The summed E-state index contributed by atoms with van der Waals surface area (Å²) in [4.78, 5) is 18.7. The fraction of sp³-hybridized carbons (Fsp3) is 0.154. The number of nitro benzene ring substituents is 1. The Morgan fingerprint density at radius 2 is 2.25 bits per heavy atom. The Kier molecular flexibility index (Phi) is 3.86. The van der Waals surface area contributed by atoms with Crippen LogP contribution in [0.3, 0.4) is 0 Å². The van der Waals surface area contributed by atoms with Gasteiger partial charge < -0.3 is 5.32 Å². The smallest absolute Gasteiger partial charge is 0.309 e. The van der Waals surface area contributed by atoms with E-state index in [-0.39, 0.29) is 11.3 Å². The van der Waals surface area contributed by atoms with Gasteiger partial charge in [0.1, 0.15) is 23.1 Å². The van der Waals surface area contributed by atoms with E-state index < -0.39 is 4.92 Å². The van der Waals surface area contributed by atoms with Gasteiger partial charge in [0, 0.05) is 6.20 Å². The number of benzene rings is 1. The summed E-state index contributed by atoms with van der Waals surface area (Å²) in [5.41, 5.74) is 0.819. The predicted molar refractivity (Wildman–Crippen MR) is 71.9 cm³/mol. The molecular formula is C13H11N5O2. The van der Waals surface area contributed by atoms with E-state index in [1.54, 1.807) is 31.3 Å². The van der Waals surface area contributed by atoms with Crippen molar-refractivity contribution in [2.75, 3.05) is 5.32 Å². The molecule has 1 N–H and O–H groups in total. The molecule has 100 valence electrons. The first-order valence-corrected chi connectivity index (χ1v) is 5.81. The van der Waals surface area contributed by atoms with Gasteiger partial charge in [-0.2, -0.15) is 5.26 Å². The van der Waals surface area contributed by atoms with Crippen LogP contribution in [0.25, 0.3) is 0 Å². The molecule has 0 atom stereocenters. The van der Waals surface area contributed by atoms with Crippen LogP contribution in [0.5, 0.6) is 0 Å². The minimum atomic E-state index is -0.563. The number of hydrogen-bond donors (Lipinski definition) is 1. The molecular weight excluding hydrogens is 258 g/mol. The van der Waals surface area contributed by atoms with Gasteiger partial charge in [0.2, 0.25) is 0 Å². The SMILES string of the molecule is Cc1nccc(CNc2cccc(C#N)c2[N+](=O)[O-])n1. The van der Waals surface area contributed by atoms with E-state index in [4.69, 9.17) is 5.26 Å². The summed E-state index contributed by atoms with van der Waals surface area (Å²) in [6.07, 6.45) is 1.62. The van der Waals surface area contributed by atoms with Crippen molar-refractivity contribution >= 4 is 11.4 Å². The molecule has 0 aliphatic rings. The molecule has 0 aliphatic carbocycles. The van der Waals surface area contributed by atoms with Crippen molar-refractivity contribution in [3.63, 3.8) is 0 Å². The molecule has 7 heteroatoms. The number of aryl methyl sites for hydroxylation is 1. The van der Waals surface area contributed by atoms with Crippen LogP contribution >= 0.6 is 0 Å². The molecule has 0 aliphatic heterocycles. The van der Waals surface area contributed by atoms with Crippen molar-refractivity contribution in [2.24, 2.45) is 0 Å². The Balaban J connectivity index is 2.26. The number of rotatable bonds is 4. The molecule has 0 bridgehead atoms. The number of anilines is 1. The Labute approximate surface area is 115 Å². The van der Waals surface area contributed by atoms with E-state index in [1.807, 2.05) is 6.07 Å². The normalized spacial score (nSPS) is 9.80. The lowest BCUT2D eigenvalue weighted by atomic mass is 10.1. The molecule has 1 aromatic heterocycles. The molecule has 1 aromatic carbocycles. The van der Waals surface area contributed by atoms with Crippen LogP contribution in [0.2, 0.25) is 0 Å². The summed E-state index contributed by atoms with van der Waals surface area (Å²) in [6.45, 7) is 2.08. The molecule has 0 unspecified atom stereocenters. The lowest BCUT2D eigenvalue weighted by molar-refractivity contribution is -0.384. The lowest BCUT2D eigenvalue weighted by Crippen LogP contribution is -2.06. The Morgan fingerprint density at radius 3 is 2.90 bits per heavy atom. The number of para-hydroxylation sites is 1. The summed E-state index contributed by atoms with van der Waals surface area (Å²) < 4.78 is 0. The number of aromatic nitrogens is 2. The van der Waals surface area contributed by atoms with Crippen LogP contribution in [0.4, 0.5) is 11.4 Å². The fourth-order valence-corrected chi connectivity index (χ4v) is 1.76. The average Bonchev–Trinajstić information content (AvgIpc) is 2.44. The summed E-state index contributed by atoms with van der Waals surface area (Å²) >= 11 is 0. The average molecular weight is 269 g/mol. The minimum Gasteiger partial charge on any atom is -0.374 e. The van der Waals surface area contributed by atoms with Crippen LogP contribution in [-0.2, 0) is 6.54 Å². The van der Waals surface area contributed by atoms with Crippen LogP contribution in [0.15, 0.2) is 30.5 Å². The van der Waals surface area contributed by atoms with E-state index in [0.29, 0.717) is 23.8 Å². The van der Waals surface area contributed by atoms with E-state index >= 15 is 0 Å². The zero-order valence-corrected chi connectivity index (χ0v) is 10.7. The highest BCUT2D eigenvalue weighted by Gasteiger charge is 2.19. The van der Waals surface area contributed by atoms with Crippen LogP contribution in [0, 0.1) is 28.4 Å². The molecule has 0 saturated heterocycles. The van der Waals surface area contributed by atoms with Gasteiger partial charge in [-0.05, 0) is 25.1 Å². The van der Waals surface area contributed by atoms with Gasteiger partial charge in [0.15, 0.2) is 0 Å². The molecule has 20 heavy (non-hydrogen) atoms. The molecule has 7 nitrogen and oxygen atoms in total. The summed E-state index contributed by atoms with van der Waals surface area (Å²) in [6, 6.07) is 8.11. The van der Waals surface area contributed by atoms with Gasteiger partial charge in [-0.15, -0.1) is 0 Å². The second kappa shape index (κ2) is 5.75. The van der Waals surface area contributed by atoms with Gasteiger partial charge in [0.05, 0.1) is 17.2 Å². The molecule has 0 radical (unpaired) electrons. The lowest BCUT2D eigenvalue weighted by Gasteiger charge is -2.07. The number of nitrogens with one attached hydrogen (secondary N) is 1. The Morgan fingerprint density at radius 1 is 1.45 bits per heavy atom. The first-order chi connectivity index (χ1) is 9.61. The maximum Gasteiger partial charge on any atom is 0.309 e. The third kappa shape index (κ3) is 2.87. The number of nitrogens with zero attached hydrogens (tertiary/aromatic N) is 4. The van der Waals surface area contributed by atoms with Crippen molar-refractivity contribution in [1.82, 2.24) is 9.97 Å². The molecule has 0 saturated carbocycles. The van der Waals surface area contributed by atoms with E-state index in [2.05, 4.69) is 15.3 Å². The second-order valence-corrected chi connectivity index (χ2v) is 4.02. The highest BCUT2D eigenvalue weighted by molar-refractivity contribution is 5.68. The number of nitriles is 1. The molecule has 1 heterocycles. The van der Waals surface area contributed by atoms with Gasteiger partial charge in [0.25, 0.3) is 0 Å². The van der Waals surface area contributed by atoms with Crippen LogP contribution in [0.1, 0.15) is 17.1 Å². The number of hydrogen-bond acceptors (Lipinski definition) is 6. The fourth-order valence-electron chi connectivity index (χ4n) is 1.76. The standard InChI is InChI=1S/C13H11N5O2/c1-9-15-6-5-11(17-9)8-16-12-4-2-3-10(7-14)13(12)18(19)20/h2-6,16H,8H2,1H3. The maximum atomic E-state index is 11.1. The summed E-state index contributed by atoms with van der Waals surface area (Å²) in [5.74, 6) is 0.629. The second-order valence-electron chi connectivity index (χ2n) is 4.02. The van der Waals surface area contributed by atoms with Crippen LogP contribution < -0.4 is 5.32 Å². The number of nitro groups is 1. The first kappa shape index (κ1) is 13.4. The molecule has 2 aromatic rings. The van der Waals surface area contributed by atoms with Gasteiger partial charge in [-0.3, -0.25) is 10.1 Å².